The number of hydrazone groups is 1. The smallest absolute Gasteiger partial charge is 0.0369 e. The second-order valence-electron chi connectivity index (χ2n) is 2.59. The molecule has 0 radical (unpaired) electrons. The molecule has 0 aromatic rings. The lowest BCUT2D eigenvalue weighted by molar-refractivity contribution is 0.736. The Morgan fingerprint density at radius 2 is 1.93 bits per heavy atom. The van der Waals surface area contributed by atoms with Gasteiger partial charge in [-0.3, -0.25) is 0 Å². The predicted octanol–water partition coefficient (Wildman–Crippen LogP) is 3.69. The molecule has 0 aromatic carbocycles. The van der Waals surface area contributed by atoms with E-state index in [2.05, 4.69) is 17.1 Å². The van der Waals surface area contributed by atoms with Gasteiger partial charge in [-0.05, 0) is 20.3 Å². The molecule has 0 spiro atoms. The number of nitrogens with one attached hydrogen (secondary N) is 1. The van der Waals surface area contributed by atoms with Crippen LogP contribution in [0.2, 0.25) is 0 Å². The van der Waals surface area contributed by atoms with E-state index in [1.54, 1.807) is 6.21 Å². The number of rotatable bonds is 6. The molecule has 0 saturated carbocycles. The largest absolute Gasteiger partial charge is 0.310 e. The second-order valence-corrected chi connectivity index (χ2v) is 2.59. The predicted molar refractivity (Wildman–Crippen MR) is 71.2 cm³/mol. The fourth-order valence-electron chi connectivity index (χ4n) is 0.758. The van der Waals surface area contributed by atoms with Gasteiger partial charge in [0, 0.05) is 12.8 Å². The molecule has 0 heterocycles. The summed E-state index contributed by atoms with van der Waals surface area (Å²) in [6, 6.07) is 0. The number of hydrogen-bond acceptors (Lipinski definition) is 2. The zero-order valence-corrected chi connectivity index (χ0v) is 10.5. The summed E-state index contributed by atoms with van der Waals surface area (Å²) >= 11 is 0. The summed E-state index contributed by atoms with van der Waals surface area (Å²) in [6.45, 7) is 12.6. The lowest BCUT2D eigenvalue weighted by Gasteiger charge is -1.98. The Balaban J connectivity index is 0. The third-order valence-corrected chi connectivity index (χ3v) is 1.41. The van der Waals surface area contributed by atoms with Gasteiger partial charge < -0.3 is 5.43 Å². The zero-order valence-electron chi connectivity index (χ0n) is 10.5. The summed E-state index contributed by atoms with van der Waals surface area (Å²) in [5.74, 6) is 0. The summed E-state index contributed by atoms with van der Waals surface area (Å²) in [4.78, 5) is 0. The Bertz CT molecular complexity index is 213. The first-order valence-corrected chi connectivity index (χ1v) is 5.49. The first-order valence-electron chi connectivity index (χ1n) is 5.49. The van der Waals surface area contributed by atoms with E-state index in [0.717, 1.165) is 18.5 Å². The van der Waals surface area contributed by atoms with Crippen molar-refractivity contribution in [2.75, 3.05) is 6.54 Å². The highest BCUT2D eigenvalue weighted by molar-refractivity contribution is 5.52. The van der Waals surface area contributed by atoms with Gasteiger partial charge in [0.15, 0.2) is 0 Å². The average molecular weight is 208 g/mol. The SMILES string of the molecule is C=C(/C=C\C=C/C)CCN/N=C/C.CC. The van der Waals surface area contributed by atoms with Crippen LogP contribution in [0, 0.1) is 0 Å². The van der Waals surface area contributed by atoms with Crippen LogP contribution >= 0.6 is 0 Å². The van der Waals surface area contributed by atoms with Crippen molar-refractivity contribution in [1.82, 2.24) is 5.43 Å². The Hall–Kier alpha value is -1.31. The fourth-order valence-corrected chi connectivity index (χ4v) is 0.758. The molecule has 2 heteroatoms. The van der Waals surface area contributed by atoms with Crippen molar-refractivity contribution < 1.29 is 0 Å². The monoisotopic (exact) mass is 208 g/mol. The van der Waals surface area contributed by atoms with Crippen molar-refractivity contribution in [3.63, 3.8) is 0 Å². The number of hydrogen-bond donors (Lipinski definition) is 1. The second kappa shape index (κ2) is 15.2. The normalized spacial score (nSPS) is 10.7. The highest BCUT2D eigenvalue weighted by Crippen LogP contribution is 1.98. The topological polar surface area (TPSA) is 24.4 Å². The summed E-state index contributed by atoms with van der Waals surface area (Å²) in [5.41, 5.74) is 4.02. The van der Waals surface area contributed by atoms with E-state index in [-0.39, 0.29) is 0 Å². The molecule has 15 heavy (non-hydrogen) atoms. The van der Waals surface area contributed by atoms with Crippen LogP contribution in [-0.2, 0) is 0 Å². The van der Waals surface area contributed by atoms with Crippen LogP contribution in [0.3, 0.4) is 0 Å². The van der Waals surface area contributed by atoms with Crippen LogP contribution in [0.15, 0.2) is 41.6 Å². The van der Waals surface area contributed by atoms with Crippen LogP contribution < -0.4 is 5.43 Å². The molecule has 0 rings (SSSR count). The van der Waals surface area contributed by atoms with Crippen molar-refractivity contribution in [2.24, 2.45) is 5.10 Å². The van der Waals surface area contributed by atoms with Crippen molar-refractivity contribution in [3.8, 4) is 0 Å². The first kappa shape index (κ1) is 16.1. The maximum absolute atomic E-state index is 3.91. The third-order valence-electron chi connectivity index (χ3n) is 1.41. The Morgan fingerprint density at radius 3 is 2.47 bits per heavy atom. The van der Waals surface area contributed by atoms with Crippen molar-refractivity contribution in [2.45, 2.75) is 34.1 Å². The van der Waals surface area contributed by atoms with Gasteiger partial charge in [0.2, 0.25) is 0 Å². The van der Waals surface area contributed by atoms with Crippen LogP contribution in [0.5, 0.6) is 0 Å². The molecule has 0 unspecified atom stereocenters. The molecule has 0 aromatic heterocycles. The molecule has 86 valence electrons. The van der Waals surface area contributed by atoms with E-state index in [0.29, 0.717) is 0 Å². The molecule has 0 amide bonds. The lowest BCUT2D eigenvalue weighted by Crippen LogP contribution is -2.07. The van der Waals surface area contributed by atoms with Gasteiger partial charge >= 0.3 is 0 Å². The molecule has 0 aliphatic rings. The maximum Gasteiger partial charge on any atom is 0.0369 e. The van der Waals surface area contributed by atoms with Crippen molar-refractivity contribution >= 4 is 6.21 Å². The molecule has 0 aliphatic carbocycles. The molecule has 0 saturated heterocycles. The molecule has 0 aliphatic heterocycles. The summed E-state index contributed by atoms with van der Waals surface area (Å²) < 4.78 is 0. The molecular formula is C13H24N2. The van der Waals surface area contributed by atoms with E-state index in [1.165, 1.54) is 0 Å². The van der Waals surface area contributed by atoms with Crippen LogP contribution in [-0.4, -0.2) is 12.8 Å². The standard InChI is InChI=1S/C11H18N2.C2H6/c1-4-6-7-8-11(3)9-10-13-12-5-2;1-2/h4-8,13H,3,9-10H2,1-2H3;1-2H3/b6-4-,8-7-,12-5+;. The summed E-state index contributed by atoms with van der Waals surface area (Å²) in [6.07, 6.45) is 10.6. The van der Waals surface area contributed by atoms with Gasteiger partial charge in [-0.25, -0.2) is 0 Å². The molecule has 0 atom stereocenters. The maximum atomic E-state index is 3.91. The minimum Gasteiger partial charge on any atom is -0.310 e. The van der Waals surface area contributed by atoms with Gasteiger partial charge in [-0.15, -0.1) is 0 Å². The minimum atomic E-state index is 0.837. The molecular weight excluding hydrogens is 184 g/mol. The van der Waals surface area contributed by atoms with Gasteiger partial charge in [0.1, 0.15) is 0 Å². The van der Waals surface area contributed by atoms with E-state index < -0.39 is 0 Å². The summed E-state index contributed by atoms with van der Waals surface area (Å²) in [7, 11) is 0. The van der Waals surface area contributed by atoms with Crippen LogP contribution in [0.25, 0.3) is 0 Å². The molecule has 1 N–H and O–H groups in total. The minimum absolute atomic E-state index is 0.837. The fraction of sp³-hybridized carbons (Fsp3) is 0.462. The zero-order chi connectivity index (χ0) is 11.9. The van der Waals surface area contributed by atoms with Gasteiger partial charge in [-0.2, -0.15) is 5.10 Å². The van der Waals surface area contributed by atoms with Crippen molar-refractivity contribution in [3.05, 3.63) is 36.5 Å². The van der Waals surface area contributed by atoms with Crippen molar-refractivity contribution in [1.29, 1.82) is 0 Å². The molecule has 2 nitrogen and oxygen atoms in total. The Labute approximate surface area is 94.5 Å². The van der Waals surface area contributed by atoms with Gasteiger partial charge in [-0.1, -0.05) is 50.3 Å². The van der Waals surface area contributed by atoms with E-state index in [9.17, 15) is 0 Å². The van der Waals surface area contributed by atoms with Gasteiger partial charge in [0.25, 0.3) is 0 Å². The Kier molecular flexibility index (Phi) is 16.3. The molecule has 0 fully saturated rings. The summed E-state index contributed by atoms with van der Waals surface area (Å²) in [5, 5.41) is 3.89. The highest BCUT2D eigenvalue weighted by Gasteiger charge is 1.86. The van der Waals surface area contributed by atoms with E-state index in [4.69, 9.17) is 0 Å². The lowest BCUT2D eigenvalue weighted by atomic mass is 10.2. The Morgan fingerprint density at radius 1 is 1.27 bits per heavy atom. The first-order chi connectivity index (χ1) is 7.31. The quantitative estimate of drug-likeness (QED) is 0.306. The number of nitrogens with zero attached hydrogens (tertiary/aromatic N) is 1. The third kappa shape index (κ3) is 15.4. The highest BCUT2D eigenvalue weighted by atomic mass is 15.3. The van der Waals surface area contributed by atoms with Crippen LogP contribution in [0.4, 0.5) is 0 Å². The van der Waals surface area contributed by atoms with Crippen LogP contribution in [0.1, 0.15) is 34.1 Å². The number of allylic oxidation sites excluding steroid dienone is 4. The van der Waals surface area contributed by atoms with Gasteiger partial charge in [0.05, 0.1) is 0 Å². The average Bonchev–Trinajstić information content (AvgIpc) is 2.28. The molecule has 0 bridgehead atoms. The van der Waals surface area contributed by atoms with E-state index in [1.807, 2.05) is 52.0 Å². The van der Waals surface area contributed by atoms with E-state index >= 15 is 0 Å².